The molecule has 170 valence electrons. The first-order chi connectivity index (χ1) is 14.5. The van der Waals surface area contributed by atoms with E-state index < -0.39 is 0 Å². The predicted octanol–water partition coefficient (Wildman–Crippen LogP) is 4.30. The molecule has 1 aromatic carbocycles. The van der Waals surface area contributed by atoms with Crippen LogP contribution in [-0.2, 0) is 13.1 Å². The summed E-state index contributed by atoms with van der Waals surface area (Å²) in [5.41, 5.74) is 2.76. The Balaban J connectivity index is 0.00000341. The maximum Gasteiger partial charge on any atom is 0.321 e. The molecule has 0 aliphatic carbocycles. The first-order valence-electron chi connectivity index (χ1n) is 10.7. The zero-order valence-corrected chi connectivity index (χ0v) is 20.8. The lowest BCUT2D eigenvalue weighted by Crippen LogP contribution is -2.36. The molecule has 0 atom stereocenters. The maximum atomic E-state index is 12.3. The summed E-state index contributed by atoms with van der Waals surface area (Å²) < 4.78 is 5.37. The van der Waals surface area contributed by atoms with Crippen molar-refractivity contribution in [1.82, 2.24) is 20.7 Å². The van der Waals surface area contributed by atoms with Crippen LogP contribution in [0.25, 0.3) is 0 Å². The van der Waals surface area contributed by atoms with E-state index in [0.29, 0.717) is 25.0 Å². The van der Waals surface area contributed by atoms with Crippen LogP contribution in [0.15, 0.2) is 39.8 Å². The second-order valence-corrected chi connectivity index (χ2v) is 7.75. The summed E-state index contributed by atoms with van der Waals surface area (Å²) in [7, 11) is 0. The number of amides is 2. The predicted molar refractivity (Wildman–Crippen MR) is 134 cm³/mol. The molecule has 31 heavy (non-hydrogen) atoms. The fourth-order valence-corrected chi connectivity index (χ4v) is 3.24. The monoisotopic (exact) mass is 540 g/mol. The summed E-state index contributed by atoms with van der Waals surface area (Å²) in [6.07, 6.45) is 2.16. The molecule has 9 heteroatoms. The van der Waals surface area contributed by atoms with Gasteiger partial charge in [0.25, 0.3) is 0 Å². The van der Waals surface area contributed by atoms with E-state index in [0.717, 1.165) is 55.2 Å². The number of anilines is 1. The topological polar surface area (TPSA) is 94.8 Å². The average molecular weight is 540 g/mol. The van der Waals surface area contributed by atoms with Gasteiger partial charge in [-0.3, -0.25) is 0 Å². The van der Waals surface area contributed by atoms with Crippen LogP contribution >= 0.6 is 24.0 Å². The molecule has 8 nitrogen and oxygen atoms in total. The summed E-state index contributed by atoms with van der Waals surface area (Å²) in [6, 6.07) is 9.74. The number of halogens is 1. The van der Waals surface area contributed by atoms with Crippen molar-refractivity contribution in [2.45, 2.75) is 52.6 Å². The fourth-order valence-electron chi connectivity index (χ4n) is 3.24. The fraction of sp³-hybridized carbons (Fsp3) is 0.500. The molecular formula is C22H33IN6O2. The van der Waals surface area contributed by atoms with Crippen LogP contribution in [0.1, 0.15) is 56.5 Å². The highest BCUT2D eigenvalue weighted by atomic mass is 127. The van der Waals surface area contributed by atoms with Crippen LogP contribution in [0.2, 0.25) is 0 Å². The van der Waals surface area contributed by atoms with Crippen molar-refractivity contribution >= 4 is 41.7 Å². The normalized spacial score (nSPS) is 13.8. The van der Waals surface area contributed by atoms with Crippen LogP contribution in [0, 0.1) is 0 Å². The van der Waals surface area contributed by atoms with E-state index in [2.05, 4.69) is 39.9 Å². The molecule has 2 heterocycles. The van der Waals surface area contributed by atoms with Gasteiger partial charge in [-0.25, -0.2) is 9.79 Å². The lowest BCUT2D eigenvalue weighted by molar-refractivity contribution is 0.222. The number of hydrogen-bond acceptors (Lipinski definition) is 4. The Morgan fingerprint density at radius 1 is 1.23 bits per heavy atom. The van der Waals surface area contributed by atoms with Crippen molar-refractivity contribution < 1.29 is 9.32 Å². The number of hydrogen-bond donors (Lipinski definition) is 3. The van der Waals surface area contributed by atoms with Crippen molar-refractivity contribution in [3.05, 3.63) is 47.3 Å². The van der Waals surface area contributed by atoms with Crippen LogP contribution in [-0.4, -0.2) is 41.7 Å². The van der Waals surface area contributed by atoms with Gasteiger partial charge in [0, 0.05) is 31.4 Å². The van der Waals surface area contributed by atoms with E-state index in [4.69, 9.17) is 4.52 Å². The second kappa shape index (κ2) is 12.5. The van der Waals surface area contributed by atoms with Gasteiger partial charge in [0.15, 0.2) is 11.7 Å². The third kappa shape index (κ3) is 7.71. The molecule has 2 amide bonds. The van der Waals surface area contributed by atoms with Crippen LogP contribution in [0.5, 0.6) is 0 Å². The zero-order chi connectivity index (χ0) is 21.3. The number of aromatic nitrogens is 1. The molecule has 0 bridgehead atoms. The third-order valence-corrected chi connectivity index (χ3v) is 4.93. The Morgan fingerprint density at radius 3 is 2.68 bits per heavy atom. The van der Waals surface area contributed by atoms with Crippen molar-refractivity contribution in [3.8, 4) is 0 Å². The summed E-state index contributed by atoms with van der Waals surface area (Å²) in [4.78, 5) is 18.8. The summed E-state index contributed by atoms with van der Waals surface area (Å²) >= 11 is 0. The first kappa shape index (κ1) is 25.0. The minimum atomic E-state index is -0.0315. The van der Waals surface area contributed by atoms with Crippen molar-refractivity contribution in [2.75, 3.05) is 25.0 Å². The molecular weight excluding hydrogens is 507 g/mol. The highest BCUT2D eigenvalue weighted by Crippen LogP contribution is 2.15. The number of benzene rings is 1. The highest BCUT2D eigenvalue weighted by Gasteiger charge is 2.17. The van der Waals surface area contributed by atoms with E-state index >= 15 is 0 Å². The highest BCUT2D eigenvalue weighted by molar-refractivity contribution is 14.0. The van der Waals surface area contributed by atoms with E-state index in [1.165, 1.54) is 0 Å². The van der Waals surface area contributed by atoms with Crippen LogP contribution in [0.3, 0.4) is 0 Å². The van der Waals surface area contributed by atoms with E-state index in [9.17, 15) is 4.79 Å². The largest absolute Gasteiger partial charge is 0.359 e. The van der Waals surface area contributed by atoms with Crippen molar-refractivity contribution in [2.24, 2.45) is 4.99 Å². The summed E-state index contributed by atoms with van der Waals surface area (Å²) in [5.74, 6) is 1.81. The molecule has 2 aromatic rings. The SMILES string of the molecule is CCNC(=NCc1cccc(NC(=O)N2CCCC2)c1)NCc1cc(C(C)C)no1.I. The van der Waals surface area contributed by atoms with Crippen molar-refractivity contribution in [3.63, 3.8) is 0 Å². The minimum Gasteiger partial charge on any atom is -0.359 e. The molecule has 1 aliphatic heterocycles. The van der Waals surface area contributed by atoms with Gasteiger partial charge in [-0.05, 0) is 43.4 Å². The van der Waals surface area contributed by atoms with E-state index in [-0.39, 0.29) is 30.0 Å². The van der Waals surface area contributed by atoms with Gasteiger partial charge in [0.05, 0.1) is 18.8 Å². The average Bonchev–Trinajstić information content (AvgIpc) is 3.42. The van der Waals surface area contributed by atoms with Gasteiger partial charge in [0.1, 0.15) is 0 Å². The third-order valence-electron chi connectivity index (χ3n) is 4.93. The van der Waals surface area contributed by atoms with Gasteiger partial charge in [0.2, 0.25) is 0 Å². The maximum absolute atomic E-state index is 12.3. The quantitative estimate of drug-likeness (QED) is 0.277. The Kier molecular flexibility index (Phi) is 10.1. The minimum absolute atomic E-state index is 0. The summed E-state index contributed by atoms with van der Waals surface area (Å²) in [5, 5.41) is 13.6. The Morgan fingerprint density at radius 2 is 2.00 bits per heavy atom. The van der Waals surface area contributed by atoms with Crippen molar-refractivity contribution in [1.29, 1.82) is 0 Å². The number of nitrogens with zero attached hydrogens (tertiary/aromatic N) is 3. The molecule has 1 aromatic heterocycles. The molecule has 3 N–H and O–H groups in total. The van der Waals surface area contributed by atoms with E-state index in [1.807, 2.05) is 42.2 Å². The molecule has 0 radical (unpaired) electrons. The van der Waals surface area contributed by atoms with Gasteiger partial charge in [-0.1, -0.05) is 31.1 Å². The standard InChI is InChI=1S/C22H32N6O2.HI/c1-4-23-21(25-15-19-13-20(16(2)3)27-30-19)24-14-17-8-7-9-18(12-17)26-22(29)28-10-5-6-11-28;/h7-9,12-13,16H,4-6,10-11,14-15H2,1-3H3,(H,26,29)(H2,23,24,25);1H. The van der Waals surface area contributed by atoms with Gasteiger partial charge in [-0.2, -0.15) is 0 Å². The molecule has 0 saturated carbocycles. The zero-order valence-electron chi connectivity index (χ0n) is 18.5. The molecule has 1 fully saturated rings. The number of guanidine groups is 1. The Hall–Kier alpha value is -2.30. The van der Waals surface area contributed by atoms with Crippen LogP contribution < -0.4 is 16.0 Å². The number of nitrogens with one attached hydrogen (secondary N) is 3. The number of aliphatic imine (C=N–C) groups is 1. The Bertz CT molecular complexity index is 861. The van der Waals surface area contributed by atoms with E-state index in [1.54, 1.807) is 0 Å². The number of rotatable bonds is 7. The summed E-state index contributed by atoms with van der Waals surface area (Å²) in [6.45, 7) is 9.62. The lowest BCUT2D eigenvalue weighted by Gasteiger charge is -2.16. The van der Waals surface area contributed by atoms with Gasteiger partial charge < -0.3 is 25.4 Å². The number of carbonyl (C=O) groups is 1. The smallest absolute Gasteiger partial charge is 0.321 e. The Labute approximate surface area is 201 Å². The van der Waals surface area contributed by atoms with Crippen LogP contribution in [0.4, 0.5) is 10.5 Å². The lowest BCUT2D eigenvalue weighted by atomic mass is 10.1. The molecule has 1 saturated heterocycles. The molecule has 0 spiro atoms. The first-order valence-corrected chi connectivity index (χ1v) is 10.7. The van der Waals surface area contributed by atoms with Gasteiger partial charge >= 0.3 is 6.03 Å². The molecule has 3 rings (SSSR count). The van der Waals surface area contributed by atoms with Gasteiger partial charge in [-0.15, -0.1) is 24.0 Å². The molecule has 0 unspecified atom stereocenters. The second-order valence-electron chi connectivity index (χ2n) is 7.75. The molecule has 1 aliphatic rings. The number of carbonyl (C=O) groups excluding carboxylic acids is 1. The number of likely N-dealkylation sites (tertiary alicyclic amines) is 1. The number of urea groups is 1.